The van der Waals surface area contributed by atoms with Gasteiger partial charge in [0.15, 0.2) is 0 Å². The highest BCUT2D eigenvalue weighted by atomic mass is 19.1. The molecule has 0 amide bonds. The first-order valence-electron chi connectivity index (χ1n) is 5.40. The zero-order chi connectivity index (χ0) is 10.8. The van der Waals surface area contributed by atoms with Crippen molar-refractivity contribution in [2.45, 2.75) is 26.2 Å². The number of hydrogen-bond acceptors (Lipinski definition) is 0. The molecule has 0 heterocycles. The van der Waals surface area contributed by atoms with E-state index in [0.29, 0.717) is 5.92 Å². The van der Waals surface area contributed by atoms with E-state index < -0.39 is 0 Å². The standard InChI is InChI=1S/C14H15F/c1-3-10(2)13-6-4-5-11-9-12(15)7-8-14(11)13/h4-10H,3H2,1-2H3. The molecule has 0 radical (unpaired) electrons. The van der Waals surface area contributed by atoms with Crippen molar-refractivity contribution in [2.24, 2.45) is 0 Å². The Kier molecular flexibility index (Phi) is 2.72. The molecule has 0 spiro atoms. The summed E-state index contributed by atoms with van der Waals surface area (Å²) in [5, 5.41) is 2.17. The smallest absolute Gasteiger partial charge is 0.123 e. The molecule has 0 N–H and O–H groups in total. The SMILES string of the molecule is CCC(C)c1cccc2cc(F)ccc12. The minimum atomic E-state index is -0.163. The maximum absolute atomic E-state index is 13.1. The minimum Gasteiger partial charge on any atom is -0.207 e. The minimum absolute atomic E-state index is 0.163. The second kappa shape index (κ2) is 4.01. The molecular weight excluding hydrogens is 187 g/mol. The van der Waals surface area contributed by atoms with Crippen LogP contribution in [-0.2, 0) is 0 Å². The van der Waals surface area contributed by atoms with E-state index in [0.717, 1.165) is 11.8 Å². The summed E-state index contributed by atoms with van der Waals surface area (Å²) in [6.45, 7) is 4.38. The van der Waals surface area contributed by atoms with Crippen LogP contribution in [0.3, 0.4) is 0 Å². The molecule has 0 aromatic heterocycles. The van der Waals surface area contributed by atoms with E-state index in [-0.39, 0.29) is 5.82 Å². The maximum atomic E-state index is 13.1. The Morgan fingerprint density at radius 1 is 1.20 bits per heavy atom. The topological polar surface area (TPSA) is 0 Å². The summed E-state index contributed by atoms with van der Waals surface area (Å²) >= 11 is 0. The highest BCUT2D eigenvalue weighted by Gasteiger charge is 2.07. The Bertz CT molecular complexity index is 474. The van der Waals surface area contributed by atoms with Gasteiger partial charge in [0.25, 0.3) is 0 Å². The van der Waals surface area contributed by atoms with Crippen molar-refractivity contribution in [2.75, 3.05) is 0 Å². The Morgan fingerprint density at radius 3 is 2.73 bits per heavy atom. The number of benzene rings is 2. The van der Waals surface area contributed by atoms with Crippen LogP contribution in [0.15, 0.2) is 36.4 Å². The normalized spacial score (nSPS) is 13.0. The van der Waals surface area contributed by atoms with Crippen LogP contribution in [0.1, 0.15) is 31.7 Å². The van der Waals surface area contributed by atoms with Crippen molar-refractivity contribution in [3.8, 4) is 0 Å². The third-order valence-electron chi connectivity index (χ3n) is 3.02. The van der Waals surface area contributed by atoms with Gasteiger partial charge in [0.2, 0.25) is 0 Å². The lowest BCUT2D eigenvalue weighted by molar-refractivity contribution is 0.629. The first-order chi connectivity index (χ1) is 7.22. The van der Waals surface area contributed by atoms with Crippen molar-refractivity contribution < 1.29 is 4.39 Å². The van der Waals surface area contributed by atoms with Crippen LogP contribution in [0.5, 0.6) is 0 Å². The van der Waals surface area contributed by atoms with E-state index in [1.54, 1.807) is 6.07 Å². The van der Waals surface area contributed by atoms with E-state index in [4.69, 9.17) is 0 Å². The Labute approximate surface area is 89.7 Å². The molecule has 0 saturated carbocycles. The quantitative estimate of drug-likeness (QED) is 0.673. The summed E-state index contributed by atoms with van der Waals surface area (Å²) in [6.07, 6.45) is 1.11. The van der Waals surface area contributed by atoms with Gasteiger partial charge in [0.1, 0.15) is 5.82 Å². The summed E-state index contributed by atoms with van der Waals surface area (Å²) in [5.41, 5.74) is 1.31. The fourth-order valence-electron chi connectivity index (χ4n) is 1.93. The van der Waals surface area contributed by atoms with Crippen LogP contribution in [0.25, 0.3) is 10.8 Å². The number of rotatable bonds is 2. The highest BCUT2D eigenvalue weighted by Crippen LogP contribution is 2.27. The lowest BCUT2D eigenvalue weighted by atomic mass is 9.93. The summed E-state index contributed by atoms with van der Waals surface area (Å²) in [6, 6.07) is 11.1. The van der Waals surface area contributed by atoms with Crippen molar-refractivity contribution in [3.05, 3.63) is 47.8 Å². The molecule has 2 aromatic rings. The Morgan fingerprint density at radius 2 is 2.00 bits per heavy atom. The number of fused-ring (bicyclic) bond motifs is 1. The lowest BCUT2D eigenvalue weighted by Crippen LogP contribution is -1.92. The summed E-state index contributed by atoms with van der Waals surface area (Å²) in [7, 11) is 0. The maximum Gasteiger partial charge on any atom is 0.123 e. The second-order valence-electron chi connectivity index (χ2n) is 4.02. The molecule has 2 rings (SSSR count). The van der Waals surface area contributed by atoms with Gasteiger partial charge in [-0.1, -0.05) is 38.1 Å². The Balaban J connectivity index is 2.66. The summed E-state index contributed by atoms with van der Waals surface area (Å²) in [4.78, 5) is 0. The molecule has 1 unspecified atom stereocenters. The number of hydrogen-bond donors (Lipinski definition) is 0. The predicted octanol–water partition coefficient (Wildman–Crippen LogP) is 4.49. The van der Waals surface area contributed by atoms with Crippen LogP contribution in [-0.4, -0.2) is 0 Å². The first-order valence-corrected chi connectivity index (χ1v) is 5.40. The third-order valence-corrected chi connectivity index (χ3v) is 3.02. The number of halogens is 1. The van der Waals surface area contributed by atoms with Crippen molar-refractivity contribution in [1.29, 1.82) is 0 Å². The average Bonchev–Trinajstić information content (AvgIpc) is 2.26. The Hall–Kier alpha value is -1.37. The van der Waals surface area contributed by atoms with Crippen molar-refractivity contribution in [3.63, 3.8) is 0 Å². The van der Waals surface area contributed by atoms with Crippen LogP contribution in [0, 0.1) is 5.82 Å². The molecular formula is C14H15F. The van der Waals surface area contributed by atoms with Gasteiger partial charge in [0.05, 0.1) is 0 Å². The molecule has 0 aliphatic rings. The van der Waals surface area contributed by atoms with Crippen LogP contribution in [0.2, 0.25) is 0 Å². The van der Waals surface area contributed by atoms with Gasteiger partial charge >= 0.3 is 0 Å². The molecule has 15 heavy (non-hydrogen) atoms. The van der Waals surface area contributed by atoms with Gasteiger partial charge in [0, 0.05) is 0 Å². The van der Waals surface area contributed by atoms with Crippen LogP contribution in [0.4, 0.5) is 4.39 Å². The molecule has 0 bridgehead atoms. The second-order valence-corrected chi connectivity index (χ2v) is 4.02. The van der Waals surface area contributed by atoms with Crippen molar-refractivity contribution in [1.82, 2.24) is 0 Å². The van der Waals surface area contributed by atoms with Gasteiger partial charge in [-0.2, -0.15) is 0 Å². The van der Waals surface area contributed by atoms with Gasteiger partial charge in [-0.05, 0) is 40.8 Å². The fraction of sp³-hybridized carbons (Fsp3) is 0.286. The largest absolute Gasteiger partial charge is 0.207 e. The monoisotopic (exact) mass is 202 g/mol. The summed E-state index contributed by atoms with van der Waals surface area (Å²) in [5.74, 6) is 0.364. The molecule has 0 aliphatic heterocycles. The zero-order valence-electron chi connectivity index (χ0n) is 9.13. The van der Waals surface area contributed by atoms with E-state index in [1.165, 1.54) is 17.0 Å². The van der Waals surface area contributed by atoms with E-state index in [2.05, 4.69) is 19.9 Å². The first kappa shape index (κ1) is 10.2. The molecule has 1 heteroatoms. The average molecular weight is 202 g/mol. The molecule has 78 valence electrons. The third kappa shape index (κ3) is 1.87. The predicted molar refractivity (Wildman–Crippen MR) is 62.6 cm³/mol. The fourth-order valence-corrected chi connectivity index (χ4v) is 1.93. The van der Waals surface area contributed by atoms with Gasteiger partial charge in [-0.25, -0.2) is 4.39 Å². The highest BCUT2D eigenvalue weighted by molar-refractivity contribution is 5.86. The molecule has 1 atom stereocenters. The van der Waals surface area contributed by atoms with Gasteiger partial charge < -0.3 is 0 Å². The van der Waals surface area contributed by atoms with E-state index >= 15 is 0 Å². The zero-order valence-corrected chi connectivity index (χ0v) is 9.13. The van der Waals surface area contributed by atoms with Crippen LogP contribution >= 0.6 is 0 Å². The summed E-state index contributed by atoms with van der Waals surface area (Å²) < 4.78 is 13.1. The van der Waals surface area contributed by atoms with E-state index in [1.807, 2.05) is 18.2 Å². The molecule has 0 fully saturated rings. The molecule has 0 aliphatic carbocycles. The molecule has 0 nitrogen and oxygen atoms in total. The van der Waals surface area contributed by atoms with E-state index in [9.17, 15) is 4.39 Å². The molecule has 2 aromatic carbocycles. The lowest BCUT2D eigenvalue weighted by Gasteiger charge is -2.12. The van der Waals surface area contributed by atoms with Gasteiger partial charge in [-0.3, -0.25) is 0 Å². The molecule has 0 saturated heterocycles. The van der Waals surface area contributed by atoms with Crippen LogP contribution < -0.4 is 0 Å². The van der Waals surface area contributed by atoms with Crippen molar-refractivity contribution >= 4 is 10.8 Å². The van der Waals surface area contributed by atoms with Gasteiger partial charge in [-0.15, -0.1) is 0 Å².